The van der Waals surface area contributed by atoms with Gasteiger partial charge in [0.05, 0.1) is 6.04 Å². The molecule has 0 aromatic carbocycles. The molecule has 2 amide bonds. The van der Waals surface area contributed by atoms with Gasteiger partial charge in [0.15, 0.2) is 5.69 Å². The van der Waals surface area contributed by atoms with Crippen molar-refractivity contribution in [2.45, 2.75) is 38.3 Å². The van der Waals surface area contributed by atoms with Crippen LogP contribution in [0.25, 0.3) is 0 Å². The minimum Gasteiger partial charge on any atom is -0.476 e. The summed E-state index contributed by atoms with van der Waals surface area (Å²) < 4.78 is 5.29. The van der Waals surface area contributed by atoms with Crippen LogP contribution in [-0.2, 0) is 4.74 Å². The Morgan fingerprint density at radius 3 is 2.71 bits per heavy atom. The zero-order valence-corrected chi connectivity index (χ0v) is 12.8. The Morgan fingerprint density at radius 1 is 1.48 bits per heavy atom. The predicted octanol–water partition coefficient (Wildman–Crippen LogP) is 1.77. The number of carbonyl (C=O) groups is 2. The molecule has 1 saturated heterocycles. The lowest BCUT2D eigenvalue weighted by atomic mass is 9.93. The highest BCUT2D eigenvalue weighted by Gasteiger charge is 2.29. The van der Waals surface area contributed by atoms with Crippen LogP contribution in [0, 0.1) is 0 Å². The average molecular weight is 313 g/mol. The molecule has 0 aliphatic carbocycles. The summed E-state index contributed by atoms with van der Waals surface area (Å²) in [5.74, 6) is -1.07. The molecular formula is C13H19N3O4S. The third-order valence-electron chi connectivity index (χ3n) is 3.47. The van der Waals surface area contributed by atoms with Crippen molar-refractivity contribution in [1.82, 2.24) is 15.6 Å². The van der Waals surface area contributed by atoms with Crippen LogP contribution in [0.2, 0.25) is 0 Å². The van der Waals surface area contributed by atoms with Crippen molar-refractivity contribution in [3.8, 4) is 0 Å². The van der Waals surface area contributed by atoms with E-state index in [4.69, 9.17) is 9.84 Å². The maximum absolute atomic E-state index is 12.0. The number of aromatic carboxylic acids is 1. The standard InChI is InChI=1S/C13H19N3O4S/c1-8(10-15-9(7-21-10)11(17)18)14-12(19)16-13(2)3-5-20-6-4-13/h7-8H,3-6H2,1-2H3,(H,17,18)(H2,14,16,19). The summed E-state index contributed by atoms with van der Waals surface area (Å²) in [5.41, 5.74) is -0.266. The number of urea groups is 1. The van der Waals surface area contributed by atoms with Crippen molar-refractivity contribution < 1.29 is 19.4 Å². The summed E-state index contributed by atoms with van der Waals surface area (Å²) in [6, 6.07) is -0.620. The van der Waals surface area contributed by atoms with Crippen molar-refractivity contribution in [2.75, 3.05) is 13.2 Å². The summed E-state index contributed by atoms with van der Waals surface area (Å²) in [6.45, 7) is 5.05. The molecule has 1 aromatic rings. The second-order valence-electron chi connectivity index (χ2n) is 5.37. The van der Waals surface area contributed by atoms with Gasteiger partial charge in [-0.15, -0.1) is 11.3 Å². The maximum atomic E-state index is 12.0. The van der Waals surface area contributed by atoms with E-state index in [1.807, 2.05) is 6.92 Å². The number of ether oxygens (including phenoxy) is 1. The molecule has 1 aromatic heterocycles. The predicted molar refractivity (Wildman–Crippen MR) is 77.6 cm³/mol. The van der Waals surface area contributed by atoms with E-state index < -0.39 is 5.97 Å². The molecule has 1 fully saturated rings. The van der Waals surface area contributed by atoms with Gasteiger partial charge in [0.1, 0.15) is 5.01 Å². The van der Waals surface area contributed by atoms with Gasteiger partial charge < -0.3 is 20.5 Å². The molecule has 1 aliphatic rings. The molecule has 2 heterocycles. The summed E-state index contributed by atoms with van der Waals surface area (Å²) in [4.78, 5) is 26.8. The Bertz CT molecular complexity index is 525. The topological polar surface area (TPSA) is 101 Å². The van der Waals surface area contributed by atoms with Crippen LogP contribution in [0.3, 0.4) is 0 Å². The van der Waals surface area contributed by atoms with Crippen molar-refractivity contribution in [3.05, 3.63) is 16.1 Å². The van der Waals surface area contributed by atoms with E-state index in [0.717, 1.165) is 12.8 Å². The van der Waals surface area contributed by atoms with Gasteiger partial charge in [0.2, 0.25) is 0 Å². The van der Waals surface area contributed by atoms with Crippen LogP contribution in [-0.4, -0.2) is 40.8 Å². The number of amides is 2. The van der Waals surface area contributed by atoms with Gasteiger partial charge in [0, 0.05) is 24.1 Å². The zero-order valence-electron chi connectivity index (χ0n) is 12.0. The first kappa shape index (κ1) is 15.7. The Kier molecular flexibility index (Phi) is 4.79. The molecule has 1 aliphatic heterocycles. The van der Waals surface area contributed by atoms with Crippen molar-refractivity contribution in [3.63, 3.8) is 0 Å². The molecule has 1 atom stereocenters. The maximum Gasteiger partial charge on any atom is 0.355 e. The van der Waals surface area contributed by atoms with Crippen molar-refractivity contribution in [2.24, 2.45) is 0 Å². The van der Waals surface area contributed by atoms with Gasteiger partial charge in [-0.1, -0.05) is 0 Å². The van der Waals surface area contributed by atoms with E-state index in [1.165, 1.54) is 16.7 Å². The largest absolute Gasteiger partial charge is 0.476 e. The Hall–Kier alpha value is -1.67. The van der Waals surface area contributed by atoms with E-state index in [-0.39, 0.29) is 23.3 Å². The van der Waals surface area contributed by atoms with E-state index in [0.29, 0.717) is 18.2 Å². The highest BCUT2D eigenvalue weighted by Crippen LogP contribution is 2.21. The fourth-order valence-corrected chi connectivity index (χ4v) is 2.90. The molecule has 0 bridgehead atoms. The number of nitrogens with one attached hydrogen (secondary N) is 2. The molecule has 3 N–H and O–H groups in total. The number of rotatable bonds is 4. The number of aromatic nitrogens is 1. The monoisotopic (exact) mass is 313 g/mol. The summed E-state index contributed by atoms with van der Waals surface area (Å²) >= 11 is 1.22. The van der Waals surface area contributed by atoms with Crippen LogP contribution in [0.1, 0.15) is 48.2 Å². The van der Waals surface area contributed by atoms with Gasteiger partial charge in [-0.2, -0.15) is 0 Å². The fourth-order valence-electron chi connectivity index (χ4n) is 2.10. The normalized spacial score (nSPS) is 18.8. The molecular weight excluding hydrogens is 294 g/mol. The lowest BCUT2D eigenvalue weighted by molar-refractivity contribution is 0.0491. The van der Waals surface area contributed by atoms with Crippen LogP contribution >= 0.6 is 11.3 Å². The van der Waals surface area contributed by atoms with Gasteiger partial charge in [-0.3, -0.25) is 0 Å². The van der Waals surface area contributed by atoms with E-state index in [1.54, 1.807) is 6.92 Å². The molecule has 8 heteroatoms. The van der Waals surface area contributed by atoms with Crippen molar-refractivity contribution >= 4 is 23.3 Å². The minimum absolute atomic E-state index is 0.000416. The van der Waals surface area contributed by atoms with E-state index >= 15 is 0 Å². The number of thiazole rings is 1. The number of carboxylic acids is 1. The lowest BCUT2D eigenvalue weighted by Crippen LogP contribution is -2.53. The van der Waals surface area contributed by atoms with Crippen LogP contribution in [0.5, 0.6) is 0 Å². The molecule has 116 valence electrons. The van der Waals surface area contributed by atoms with Gasteiger partial charge >= 0.3 is 12.0 Å². The quantitative estimate of drug-likeness (QED) is 0.786. The number of carboxylic acid groups (broad SMARTS) is 1. The molecule has 7 nitrogen and oxygen atoms in total. The minimum atomic E-state index is -1.07. The van der Waals surface area contributed by atoms with E-state index in [2.05, 4.69) is 15.6 Å². The highest BCUT2D eigenvalue weighted by molar-refractivity contribution is 7.09. The van der Waals surface area contributed by atoms with Gasteiger partial charge in [-0.25, -0.2) is 14.6 Å². The number of nitrogens with zero attached hydrogens (tertiary/aromatic N) is 1. The second-order valence-corrected chi connectivity index (χ2v) is 6.26. The third kappa shape index (κ3) is 4.15. The fraction of sp³-hybridized carbons (Fsp3) is 0.615. The van der Waals surface area contributed by atoms with Crippen molar-refractivity contribution in [1.29, 1.82) is 0 Å². The number of hydrogen-bond donors (Lipinski definition) is 3. The smallest absolute Gasteiger partial charge is 0.355 e. The van der Waals surface area contributed by atoms with Crippen LogP contribution in [0.15, 0.2) is 5.38 Å². The highest BCUT2D eigenvalue weighted by atomic mass is 32.1. The summed E-state index contributed by atoms with van der Waals surface area (Å²) in [7, 11) is 0. The van der Waals surface area contributed by atoms with Gasteiger partial charge in [-0.05, 0) is 26.7 Å². The van der Waals surface area contributed by atoms with Crippen LogP contribution < -0.4 is 10.6 Å². The molecule has 1 unspecified atom stereocenters. The molecule has 21 heavy (non-hydrogen) atoms. The first-order valence-electron chi connectivity index (χ1n) is 6.75. The Balaban J connectivity index is 1.90. The molecule has 2 rings (SSSR count). The lowest BCUT2D eigenvalue weighted by Gasteiger charge is -2.34. The first-order chi connectivity index (χ1) is 9.89. The SMILES string of the molecule is CC(NC(=O)NC1(C)CCOCC1)c1nc(C(=O)O)cs1. The molecule has 0 saturated carbocycles. The summed E-state index contributed by atoms with van der Waals surface area (Å²) in [5, 5.41) is 16.6. The third-order valence-corrected chi connectivity index (χ3v) is 4.50. The molecule has 0 radical (unpaired) electrons. The average Bonchev–Trinajstić information content (AvgIpc) is 2.88. The first-order valence-corrected chi connectivity index (χ1v) is 7.63. The number of carbonyl (C=O) groups excluding carboxylic acids is 1. The number of hydrogen-bond acceptors (Lipinski definition) is 5. The Labute approximate surface area is 126 Å². The Morgan fingerprint density at radius 2 is 2.14 bits per heavy atom. The molecule has 0 spiro atoms. The van der Waals surface area contributed by atoms with Gasteiger partial charge in [0.25, 0.3) is 0 Å². The van der Waals surface area contributed by atoms with E-state index in [9.17, 15) is 9.59 Å². The second kappa shape index (κ2) is 6.40. The zero-order chi connectivity index (χ0) is 15.5. The summed E-state index contributed by atoms with van der Waals surface area (Å²) in [6.07, 6.45) is 1.55. The van der Waals surface area contributed by atoms with Crippen LogP contribution in [0.4, 0.5) is 4.79 Å².